The van der Waals surface area contributed by atoms with Gasteiger partial charge >= 0.3 is 0 Å². The smallest absolute Gasteiger partial charge is 0.289 e. The number of amides is 1. The first-order valence-corrected chi connectivity index (χ1v) is 9.14. The molecule has 4 rings (SSSR count). The van der Waals surface area contributed by atoms with Crippen LogP contribution in [0.15, 0.2) is 44.7 Å². The van der Waals surface area contributed by atoms with Gasteiger partial charge in [-0.05, 0) is 30.5 Å². The minimum atomic E-state index is -0.0396. The highest BCUT2D eigenvalue weighted by Crippen LogP contribution is 2.26. The second-order valence-electron chi connectivity index (χ2n) is 6.04. The predicted molar refractivity (Wildman–Crippen MR) is 94.4 cm³/mol. The first kappa shape index (κ1) is 16.1. The van der Waals surface area contributed by atoms with Gasteiger partial charge in [-0.3, -0.25) is 9.69 Å². The molecule has 0 N–H and O–H groups in total. The highest BCUT2D eigenvalue weighted by molar-refractivity contribution is 7.13. The maximum Gasteiger partial charge on any atom is 0.289 e. The zero-order valence-corrected chi connectivity index (χ0v) is 14.8. The number of oxazole rings is 1. The minimum Gasteiger partial charge on any atom is -0.459 e. The average molecular weight is 357 g/mol. The van der Waals surface area contributed by atoms with Gasteiger partial charge < -0.3 is 13.7 Å². The lowest BCUT2D eigenvalue weighted by Gasteiger charge is -2.33. The zero-order chi connectivity index (χ0) is 17.2. The maximum absolute atomic E-state index is 12.3. The lowest BCUT2D eigenvalue weighted by Crippen LogP contribution is -2.48. The van der Waals surface area contributed by atoms with Crippen LogP contribution in [-0.2, 0) is 6.54 Å². The van der Waals surface area contributed by atoms with E-state index in [0.717, 1.165) is 36.0 Å². The van der Waals surface area contributed by atoms with Crippen molar-refractivity contribution in [3.05, 3.63) is 53.1 Å². The Balaban J connectivity index is 1.37. The van der Waals surface area contributed by atoms with Gasteiger partial charge in [-0.15, -0.1) is 11.3 Å². The molecular weight excluding hydrogens is 338 g/mol. The van der Waals surface area contributed by atoms with E-state index in [4.69, 9.17) is 8.83 Å². The molecule has 0 atom stereocenters. The molecule has 0 unspecified atom stereocenters. The van der Waals surface area contributed by atoms with Crippen molar-refractivity contribution in [1.29, 1.82) is 0 Å². The quantitative estimate of drug-likeness (QED) is 0.717. The van der Waals surface area contributed by atoms with Crippen LogP contribution in [0.5, 0.6) is 0 Å². The van der Waals surface area contributed by atoms with Crippen LogP contribution in [0, 0.1) is 6.92 Å². The number of furan rings is 1. The zero-order valence-electron chi connectivity index (χ0n) is 14.0. The van der Waals surface area contributed by atoms with Crippen LogP contribution in [0.25, 0.3) is 10.8 Å². The third kappa shape index (κ3) is 3.38. The lowest BCUT2D eigenvalue weighted by atomic mass is 10.2. The molecule has 25 heavy (non-hydrogen) atoms. The van der Waals surface area contributed by atoms with E-state index in [-0.39, 0.29) is 5.91 Å². The van der Waals surface area contributed by atoms with Crippen LogP contribution in [0.2, 0.25) is 0 Å². The number of hydrogen-bond donors (Lipinski definition) is 0. The fourth-order valence-electron chi connectivity index (χ4n) is 2.96. The minimum absolute atomic E-state index is 0.0396. The molecule has 1 aliphatic rings. The maximum atomic E-state index is 12.3. The van der Waals surface area contributed by atoms with Gasteiger partial charge in [0.25, 0.3) is 5.91 Å². The van der Waals surface area contributed by atoms with E-state index in [1.54, 1.807) is 23.5 Å². The topological polar surface area (TPSA) is 62.7 Å². The molecule has 0 saturated carbocycles. The number of carbonyl (C=O) groups is 1. The average Bonchev–Trinajstić information content (AvgIpc) is 3.38. The Morgan fingerprint density at radius 3 is 2.76 bits per heavy atom. The molecule has 4 heterocycles. The Morgan fingerprint density at radius 1 is 1.24 bits per heavy atom. The Bertz CT molecular complexity index is 831. The molecule has 0 bridgehead atoms. The van der Waals surface area contributed by atoms with Gasteiger partial charge in [-0.1, -0.05) is 6.07 Å². The van der Waals surface area contributed by atoms with Crippen LogP contribution in [0.3, 0.4) is 0 Å². The monoisotopic (exact) mass is 357 g/mol. The number of thiophene rings is 1. The van der Waals surface area contributed by atoms with Gasteiger partial charge in [0.2, 0.25) is 5.89 Å². The van der Waals surface area contributed by atoms with Crippen molar-refractivity contribution < 1.29 is 13.6 Å². The van der Waals surface area contributed by atoms with E-state index in [1.165, 1.54) is 6.26 Å². The van der Waals surface area contributed by atoms with Gasteiger partial charge in [0.05, 0.1) is 16.8 Å². The molecule has 0 radical (unpaired) electrons. The highest BCUT2D eigenvalue weighted by Gasteiger charge is 2.25. The standard InChI is InChI=1S/C18H19N3O3S/c1-13-14(19-17(24-13)16-5-3-11-25-16)12-20-6-8-21(9-7-20)18(22)15-4-2-10-23-15/h2-5,10-11H,6-9,12H2,1H3. The summed E-state index contributed by atoms with van der Waals surface area (Å²) < 4.78 is 11.0. The normalized spacial score (nSPS) is 15.6. The summed E-state index contributed by atoms with van der Waals surface area (Å²) in [4.78, 5) is 22.1. The van der Waals surface area contributed by atoms with Crippen LogP contribution in [-0.4, -0.2) is 46.9 Å². The molecular formula is C18H19N3O3S. The summed E-state index contributed by atoms with van der Waals surface area (Å²) in [5.41, 5.74) is 0.967. The van der Waals surface area contributed by atoms with Crippen LogP contribution in [0.1, 0.15) is 22.0 Å². The Kier molecular flexibility index (Phi) is 4.42. The molecule has 3 aromatic heterocycles. The van der Waals surface area contributed by atoms with Crippen molar-refractivity contribution in [2.75, 3.05) is 26.2 Å². The van der Waals surface area contributed by atoms with Crippen LogP contribution < -0.4 is 0 Å². The number of aromatic nitrogens is 1. The van der Waals surface area contributed by atoms with E-state index in [9.17, 15) is 4.79 Å². The second-order valence-corrected chi connectivity index (χ2v) is 6.99. The van der Waals surface area contributed by atoms with Crippen LogP contribution >= 0.6 is 11.3 Å². The van der Waals surface area contributed by atoms with Crippen molar-refractivity contribution >= 4 is 17.2 Å². The molecule has 1 aliphatic heterocycles. The van der Waals surface area contributed by atoms with E-state index in [2.05, 4.69) is 9.88 Å². The Hall–Kier alpha value is -2.38. The number of piperazine rings is 1. The summed E-state index contributed by atoms with van der Waals surface area (Å²) >= 11 is 1.62. The first-order valence-electron chi connectivity index (χ1n) is 8.26. The number of aryl methyl sites for hydroxylation is 1. The van der Waals surface area contributed by atoms with Crippen LogP contribution in [0.4, 0.5) is 0 Å². The number of hydrogen-bond acceptors (Lipinski definition) is 6. The second kappa shape index (κ2) is 6.85. The molecule has 0 spiro atoms. The fourth-order valence-corrected chi connectivity index (χ4v) is 3.61. The van der Waals surface area contributed by atoms with Gasteiger partial charge in [0.15, 0.2) is 5.76 Å². The van der Waals surface area contributed by atoms with Crippen molar-refractivity contribution in [2.24, 2.45) is 0 Å². The van der Waals surface area contributed by atoms with Gasteiger partial charge in [0.1, 0.15) is 5.76 Å². The van der Waals surface area contributed by atoms with E-state index in [0.29, 0.717) is 24.7 Å². The van der Waals surface area contributed by atoms with E-state index < -0.39 is 0 Å². The largest absolute Gasteiger partial charge is 0.459 e. The summed E-state index contributed by atoms with van der Waals surface area (Å²) in [6, 6.07) is 7.45. The third-order valence-corrected chi connectivity index (χ3v) is 5.25. The molecule has 0 aliphatic carbocycles. The van der Waals surface area contributed by atoms with E-state index >= 15 is 0 Å². The van der Waals surface area contributed by atoms with Crippen molar-refractivity contribution in [2.45, 2.75) is 13.5 Å². The Labute approximate surface area is 149 Å². The summed E-state index contributed by atoms with van der Waals surface area (Å²) in [6.07, 6.45) is 1.53. The molecule has 1 saturated heterocycles. The number of nitrogens with zero attached hydrogens (tertiary/aromatic N) is 3. The lowest BCUT2D eigenvalue weighted by molar-refractivity contribution is 0.0596. The number of rotatable bonds is 4. The molecule has 6 nitrogen and oxygen atoms in total. The molecule has 3 aromatic rings. The molecule has 1 fully saturated rings. The summed E-state index contributed by atoms with van der Waals surface area (Å²) in [7, 11) is 0. The Morgan fingerprint density at radius 2 is 2.08 bits per heavy atom. The van der Waals surface area contributed by atoms with Crippen molar-refractivity contribution in [3.8, 4) is 10.8 Å². The van der Waals surface area contributed by atoms with Crippen molar-refractivity contribution in [3.63, 3.8) is 0 Å². The SMILES string of the molecule is Cc1oc(-c2cccs2)nc1CN1CCN(C(=O)c2ccco2)CC1. The predicted octanol–water partition coefficient (Wildman–Crippen LogP) is 3.26. The van der Waals surface area contributed by atoms with Gasteiger partial charge in [-0.25, -0.2) is 4.98 Å². The summed E-state index contributed by atoms with van der Waals surface area (Å²) in [6.45, 7) is 5.70. The van der Waals surface area contributed by atoms with E-state index in [1.807, 2.05) is 29.3 Å². The third-order valence-electron chi connectivity index (χ3n) is 4.39. The highest BCUT2D eigenvalue weighted by atomic mass is 32.1. The van der Waals surface area contributed by atoms with Crippen molar-refractivity contribution in [1.82, 2.24) is 14.8 Å². The molecule has 130 valence electrons. The summed E-state index contributed by atoms with van der Waals surface area (Å²) in [5, 5.41) is 2.02. The number of carbonyl (C=O) groups excluding carboxylic acids is 1. The molecule has 7 heteroatoms. The van der Waals surface area contributed by atoms with Gasteiger partial charge in [-0.2, -0.15) is 0 Å². The molecule has 0 aromatic carbocycles. The fraction of sp³-hybridized carbons (Fsp3) is 0.333. The van der Waals surface area contributed by atoms with Gasteiger partial charge in [0, 0.05) is 32.7 Å². The summed E-state index contributed by atoms with van der Waals surface area (Å²) in [5.74, 6) is 1.91. The first-order chi connectivity index (χ1) is 12.2. The molecule has 1 amide bonds.